The Morgan fingerprint density at radius 1 is 1.10 bits per heavy atom. The molecule has 0 saturated heterocycles. The van der Waals surface area contributed by atoms with Crippen LogP contribution in [0.3, 0.4) is 0 Å². The number of benzene rings is 2. The molecule has 0 aliphatic carbocycles. The summed E-state index contributed by atoms with van der Waals surface area (Å²) < 4.78 is 11.4. The summed E-state index contributed by atoms with van der Waals surface area (Å²) in [6.07, 6.45) is 0. The van der Waals surface area contributed by atoms with Gasteiger partial charge in [-0.1, -0.05) is 36.5 Å². The molecule has 0 spiro atoms. The summed E-state index contributed by atoms with van der Waals surface area (Å²) in [5.41, 5.74) is 8.71. The first-order valence-corrected chi connectivity index (χ1v) is 7.26. The first-order valence-electron chi connectivity index (χ1n) is 6.85. The van der Waals surface area contributed by atoms with Crippen molar-refractivity contribution >= 4 is 17.2 Å². The topological polar surface area (TPSA) is 44.5 Å². The highest BCUT2D eigenvalue weighted by molar-refractivity contribution is 7.80. The maximum absolute atomic E-state index is 5.87. The molecule has 0 fully saturated rings. The molecule has 0 aliphatic rings. The third-order valence-corrected chi connectivity index (χ3v) is 3.39. The maximum Gasteiger partial charge on any atom is 0.161 e. The van der Waals surface area contributed by atoms with Crippen LogP contribution in [0, 0.1) is 6.92 Å². The average molecular weight is 301 g/mol. The summed E-state index contributed by atoms with van der Waals surface area (Å²) >= 11 is 4.98. The van der Waals surface area contributed by atoms with E-state index in [0.29, 0.717) is 18.2 Å². The molecule has 2 rings (SSSR count). The summed E-state index contributed by atoms with van der Waals surface area (Å²) in [7, 11) is 0. The largest absolute Gasteiger partial charge is 0.490 e. The Labute approximate surface area is 130 Å². The number of ether oxygens (including phenoxy) is 2. The molecule has 0 radical (unpaired) electrons. The first kappa shape index (κ1) is 15.3. The highest BCUT2D eigenvalue weighted by Crippen LogP contribution is 2.27. The van der Waals surface area contributed by atoms with Gasteiger partial charge in [0.15, 0.2) is 11.5 Å². The number of thiocarbonyl (C=S) groups is 1. The highest BCUT2D eigenvalue weighted by Gasteiger charge is 2.06. The van der Waals surface area contributed by atoms with E-state index in [-0.39, 0.29) is 0 Å². The zero-order valence-electron chi connectivity index (χ0n) is 12.3. The minimum absolute atomic E-state index is 0.409. The Balaban J connectivity index is 2.11. The molecule has 0 amide bonds. The van der Waals surface area contributed by atoms with Crippen LogP contribution < -0.4 is 15.2 Å². The van der Waals surface area contributed by atoms with E-state index in [1.54, 1.807) is 0 Å². The molecule has 4 heteroatoms. The molecule has 0 saturated carbocycles. The molecular formula is C17H19NO2S. The molecule has 2 aromatic rings. The van der Waals surface area contributed by atoms with Crippen LogP contribution in [-0.4, -0.2) is 11.6 Å². The molecule has 0 bridgehead atoms. The van der Waals surface area contributed by atoms with Crippen molar-refractivity contribution in [1.29, 1.82) is 0 Å². The SMILES string of the molecule is CCOc1ccccc1OCc1ccc(C(N)=S)cc1C. The van der Waals surface area contributed by atoms with Gasteiger partial charge >= 0.3 is 0 Å². The number of rotatable bonds is 6. The molecule has 3 nitrogen and oxygen atoms in total. The number of para-hydroxylation sites is 2. The highest BCUT2D eigenvalue weighted by atomic mass is 32.1. The van der Waals surface area contributed by atoms with E-state index in [4.69, 9.17) is 27.4 Å². The molecule has 0 aromatic heterocycles. The summed E-state index contributed by atoms with van der Waals surface area (Å²) in [6.45, 7) is 5.07. The fourth-order valence-corrected chi connectivity index (χ4v) is 2.14. The fraction of sp³-hybridized carbons (Fsp3) is 0.235. The van der Waals surface area contributed by atoms with E-state index in [9.17, 15) is 0 Å². The zero-order chi connectivity index (χ0) is 15.2. The molecule has 2 N–H and O–H groups in total. The van der Waals surface area contributed by atoms with Crippen LogP contribution in [0.15, 0.2) is 42.5 Å². The Bertz CT molecular complexity index is 640. The lowest BCUT2D eigenvalue weighted by atomic mass is 10.1. The van der Waals surface area contributed by atoms with Crippen molar-refractivity contribution in [3.63, 3.8) is 0 Å². The monoisotopic (exact) mass is 301 g/mol. The lowest BCUT2D eigenvalue weighted by Crippen LogP contribution is -2.10. The molecular weight excluding hydrogens is 282 g/mol. The minimum atomic E-state index is 0.409. The van der Waals surface area contributed by atoms with Crippen LogP contribution in [0.4, 0.5) is 0 Å². The van der Waals surface area contributed by atoms with Crippen molar-refractivity contribution in [2.45, 2.75) is 20.5 Å². The van der Waals surface area contributed by atoms with Crippen molar-refractivity contribution in [3.05, 3.63) is 59.2 Å². The molecule has 21 heavy (non-hydrogen) atoms. The second-order valence-corrected chi connectivity index (χ2v) is 5.11. The van der Waals surface area contributed by atoms with Gasteiger partial charge in [0.05, 0.1) is 6.61 Å². The van der Waals surface area contributed by atoms with Crippen LogP contribution in [0.1, 0.15) is 23.6 Å². The normalized spacial score (nSPS) is 10.2. The van der Waals surface area contributed by atoms with Crippen LogP contribution in [0.5, 0.6) is 11.5 Å². The predicted molar refractivity (Wildman–Crippen MR) is 89.0 cm³/mol. The Morgan fingerprint density at radius 3 is 2.33 bits per heavy atom. The minimum Gasteiger partial charge on any atom is -0.490 e. The fourth-order valence-electron chi connectivity index (χ4n) is 2.01. The second kappa shape index (κ2) is 7.09. The van der Waals surface area contributed by atoms with Gasteiger partial charge in [0.1, 0.15) is 11.6 Å². The third-order valence-electron chi connectivity index (χ3n) is 3.16. The number of hydrogen-bond acceptors (Lipinski definition) is 3. The lowest BCUT2D eigenvalue weighted by Gasteiger charge is -2.13. The zero-order valence-corrected chi connectivity index (χ0v) is 13.1. The van der Waals surface area contributed by atoms with E-state index >= 15 is 0 Å². The standard InChI is InChI=1S/C17H19NO2S/c1-3-19-15-6-4-5-7-16(15)20-11-14-9-8-13(17(18)21)10-12(14)2/h4-10H,3,11H2,1-2H3,(H2,18,21). The van der Waals surface area contributed by atoms with Crippen molar-refractivity contribution in [1.82, 2.24) is 0 Å². The summed E-state index contributed by atoms with van der Waals surface area (Å²) in [5.74, 6) is 1.51. The maximum atomic E-state index is 5.87. The van der Waals surface area contributed by atoms with Crippen molar-refractivity contribution in [2.24, 2.45) is 5.73 Å². The molecule has 0 aliphatic heterocycles. The van der Waals surface area contributed by atoms with Gasteiger partial charge in [-0.25, -0.2) is 0 Å². The van der Waals surface area contributed by atoms with E-state index in [1.807, 2.05) is 56.3 Å². The number of aryl methyl sites for hydroxylation is 1. The van der Waals surface area contributed by atoms with E-state index in [1.165, 1.54) is 0 Å². The molecule has 110 valence electrons. The van der Waals surface area contributed by atoms with E-state index < -0.39 is 0 Å². The van der Waals surface area contributed by atoms with Gasteiger partial charge in [-0.15, -0.1) is 0 Å². The average Bonchev–Trinajstić information content (AvgIpc) is 2.47. The molecule has 0 heterocycles. The van der Waals surface area contributed by atoms with Crippen LogP contribution in [-0.2, 0) is 6.61 Å². The Morgan fingerprint density at radius 2 is 1.76 bits per heavy atom. The van der Waals surface area contributed by atoms with Gasteiger partial charge in [0.25, 0.3) is 0 Å². The molecule has 0 unspecified atom stereocenters. The first-order chi connectivity index (χ1) is 10.1. The van der Waals surface area contributed by atoms with Crippen LogP contribution in [0.25, 0.3) is 0 Å². The summed E-state index contributed by atoms with van der Waals surface area (Å²) in [5, 5.41) is 0. The van der Waals surface area contributed by atoms with Crippen LogP contribution >= 0.6 is 12.2 Å². The van der Waals surface area contributed by atoms with E-state index in [2.05, 4.69) is 0 Å². The molecule has 2 aromatic carbocycles. The van der Waals surface area contributed by atoms with Crippen molar-refractivity contribution in [2.75, 3.05) is 6.61 Å². The van der Waals surface area contributed by atoms with Gasteiger partial charge in [0.2, 0.25) is 0 Å². The predicted octanol–water partition coefficient (Wildman–Crippen LogP) is 3.61. The second-order valence-electron chi connectivity index (χ2n) is 4.67. The van der Waals surface area contributed by atoms with E-state index in [0.717, 1.165) is 28.2 Å². The third kappa shape index (κ3) is 3.95. The lowest BCUT2D eigenvalue weighted by molar-refractivity contribution is 0.269. The van der Waals surface area contributed by atoms with Gasteiger partial charge in [-0.3, -0.25) is 0 Å². The Kier molecular flexibility index (Phi) is 5.17. The Hall–Kier alpha value is -2.07. The van der Waals surface area contributed by atoms with Gasteiger partial charge in [0, 0.05) is 5.56 Å². The van der Waals surface area contributed by atoms with Gasteiger partial charge in [-0.2, -0.15) is 0 Å². The van der Waals surface area contributed by atoms with Crippen LogP contribution in [0.2, 0.25) is 0 Å². The van der Waals surface area contributed by atoms with Crippen molar-refractivity contribution in [3.8, 4) is 11.5 Å². The quantitative estimate of drug-likeness (QED) is 0.828. The van der Waals surface area contributed by atoms with Crippen molar-refractivity contribution < 1.29 is 9.47 Å². The summed E-state index contributed by atoms with van der Waals surface area (Å²) in [4.78, 5) is 0.409. The van der Waals surface area contributed by atoms with Gasteiger partial charge in [-0.05, 0) is 43.2 Å². The summed E-state index contributed by atoms with van der Waals surface area (Å²) in [6, 6.07) is 13.6. The molecule has 0 atom stereocenters. The number of hydrogen-bond donors (Lipinski definition) is 1. The number of nitrogens with two attached hydrogens (primary N) is 1. The smallest absolute Gasteiger partial charge is 0.161 e. The van der Waals surface area contributed by atoms with Gasteiger partial charge < -0.3 is 15.2 Å².